The first-order chi connectivity index (χ1) is 12.6. The van der Waals surface area contributed by atoms with E-state index in [0.29, 0.717) is 12.5 Å². The summed E-state index contributed by atoms with van der Waals surface area (Å²) < 4.78 is 1.76. The van der Waals surface area contributed by atoms with E-state index < -0.39 is 0 Å². The summed E-state index contributed by atoms with van der Waals surface area (Å²) in [6, 6.07) is 4.20. The first-order valence-electron chi connectivity index (χ1n) is 9.09. The van der Waals surface area contributed by atoms with E-state index in [1.807, 2.05) is 6.92 Å². The molecule has 0 unspecified atom stereocenters. The highest BCUT2D eigenvalue weighted by Gasteiger charge is 2.22. The lowest BCUT2D eigenvalue weighted by molar-refractivity contribution is 0.697. The molecule has 4 rings (SSSR count). The van der Waals surface area contributed by atoms with Crippen molar-refractivity contribution in [2.45, 2.75) is 45.6 Å². The van der Waals surface area contributed by atoms with Crippen LogP contribution in [0.15, 0.2) is 34.5 Å². The molecule has 3 aromatic heterocycles. The minimum absolute atomic E-state index is 0.0797. The second-order valence-corrected chi connectivity index (χ2v) is 9.05. The van der Waals surface area contributed by atoms with Crippen LogP contribution < -0.4 is 10.9 Å². The average Bonchev–Trinajstić information content (AvgIpc) is 3.25. The van der Waals surface area contributed by atoms with Gasteiger partial charge in [0.1, 0.15) is 4.83 Å². The maximum Gasteiger partial charge on any atom is 0.264 e. The Kier molecular flexibility index (Phi) is 4.96. The third-order valence-corrected chi connectivity index (χ3v) is 6.86. The summed E-state index contributed by atoms with van der Waals surface area (Å²) in [5, 5.41) is 6.33. The summed E-state index contributed by atoms with van der Waals surface area (Å²) in [4.78, 5) is 21.7. The van der Waals surface area contributed by atoms with Crippen LogP contribution in [0.2, 0.25) is 0 Å². The molecule has 1 aliphatic carbocycles. The first kappa shape index (κ1) is 17.5. The van der Waals surface area contributed by atoms with Crippen LogP contribution in [0, 0.1) is 0 Å². The molecule has 4 nitrogen and oxygen atoms in total. The van der Waals surface area contributed by atoms with Gasteiger partial charge in [0.2, 0.25) is 5.95 Å². The smallest absolute Gasteiger partial charge is 0.264 e. The molecule has 0 radical (unpaired) electrons. The van der Waals surface area contributed by atoms with Gasteiger partial charge in [-0.25, -0.2) is 4.98 Å². The van der Waals surface area contributed by atoms with Crippen molar-refractivity contribution in [3.05, 3.63) is 55.3 Å². The van der Waals surface area contributed by atoms with Crippen LogP contribution in [-0.2, 0) is 25.8 Å². The van der Waals surface area contributed by atoms with Crippen molar-refractivity contribution in [1.29, 1.82) is 0 Å². The molecule has 0 fully saturated rings. The number of nitrogens with zero attached hydrogens (tertiary/aromatic N) is 2. The van der Waals surface area contributed by atoms with Gasteiger partial charge in [-0.1, -0.05) is 18.2 Å². The highest BCUT2D eigenvalue weighted by molar-refractivity contribution is 7.18. The maximum atomic E-state index is 13.3. The third kappa shape index (κ3) is 3.35. The number of fused-ring (bicyclic) bond motifs is 3. The van der Waals surface area contributed by atoms with Gasteiger partial charge < -0.3 is 5.32 Å². The zero-order chi connectivity index (χ0) is 18.1. The SMILES string of the molecule is C=C(C)Cn1c(NCCc2cccs2)nc2sc3c(c2c1=O)CCCC3. The average molecular weight is 386 g/mol. The van der Waals surface area contributed by atoms with Crippen molar-refractivity contribution < 1.29 is 0 Å². The minimum atomic E-state index is 0.0797. The fraction of sp³-hybridized carbons (Fsp3) is 0.400. The summed E-state index contributed by atoms with van der Waals surface area (Å²) in [7, 11) is 0. The van der Waals surface area contributed by atoms with Gasteiger partial charge in [0.05, 0.1) is 5.39 Å². The molecule has 1 N–H and O–H groups in total. The predicted octanol–water partition coefficient (Wildman–Crippen LogP) is 4.63. The molecule has 0 saturated heterocycles. The molecule has 0 atom stereocenters. The monoisotopic (exact) mass is 385 g/mol. The molecule has 0 bridgehead atoms. The van der Waals surface area contributed by atoms with Crippen molar-refractivity contribution in [1.82, 2.24) is 9.55 Å². The largest absolute Gasteiger partial charge is 0.355 e. The number of hydrogen-bond acceptors (Lipinski definition) is 5. The van der Waals surface area contributed by atoms with Gasteiger partial charge in [-0.15, -0.1) is 22.7 Å². The molecule has 6 heteroatoms. The number of anilines is 1. The van der Waals surface area contributed by atoms with Crippen molar-refractivity contribution in [2.75, 3.05) is 11.9 Å². The van der Waals surface area contributed by atoms with Gasteiger partial charge in [0.25, 0.3) is 5.56 Å². The topological polar surface area (TPSA) is 46.9 Å². The number of aryl methyl sites for hydroxylation is 2. The summed E-state index contributed by atoms with van der Waals surface area (Å²) in [5.74, 6) is 0.667. The Morgan fingerprint density at radius 2 is 2.23 bits per heavy atom. The van der Waals surface area contributed by atoms with Gasteiger partial charge in [0.15, 0.2) is 0 Å². The van der Waals surface area contributed by atoms with E-state index in [9.17, 15) is 4.79 Å². The van der Waals surface area contributed by atoms with Gasteiger partial charge in [-0.3, -0.25) is 9.36 Å². The van der Waals surface area contributed by atoms with Crippen LogP contribution in [0.5, 0.6) is 0 Å². The quantitative estimate of drug-likeness (QED) is 0.629. The summed E-state index contributed by atoms with van der Waals surface area (Å²) in [6.07, 6.45) is 5.40. The number of nitrogens with one attached hydrogen (secondary N) is 1. The van der Waals surface area contributed by atoms with E-state index in [2.05, 4.69) is 29.4 Å². The Morgan fingerprint density at radius 1 is 1.38 bits per heavy atom. The Balaban J connectivity index is 1.72. The fourth-order valence-corrected chi connectivity index (χ4v) is 5.50. The Bertz CT molecular complexity index is 998. The summed E-state index contributed by atoms with van der Waals surface area (Å²) in [5.41, 5.74) is 2.28. The second-order valence-electron chi connectivity index (χ2n) is 6.93. The van der Waals surface area contributed by atoms with Crippen molar-refractivity contribution in [3.63, 3.8) is 0 Å². The summed E-state index contributed by atoms with van der Waals surface area (Å²) in [6.45, 7) is 7.22. The molecule has 136 valence electrons. The van der Waals surface area contributed by atoms with E-state index in [-0.39, 0.29) is 5.56 Å². The van der Waals surface area contributed by atoms with Crippen molar-refractivity contribution >= 4 is 38.8 Å². The zero-order valence-corrected chi connectivity index (χ0v) is 16.6. The fourth-order valence-electron chi connectivity index (χ4n) is 3.54. The van der Waals surface area contributed by atoms with E-state index in [1.165, 1.54) is 28.2 Å². The molecular formula is C20H23N3OS2. The van der Waals surface area contributed by atoms with Gasteiger partial charge >= 0.3 is 0 Å². The van der Waals surface area contributed by atoms with Gasteiger partial charge in [-0.05, 0) is 56.0 Å². The zero-order valence-electron chi connectivity index (χ0n) is 15.0. The van der Waals surface area contributed by atoms with Crippen LogP contribution in [-0.4, -0.2) is 16.1 Å². The molecule has 3 heterocycles. The standard InChI is InChI=1S/C20H23N3OS2/c1-13(2)12-23-19(24)17-15-7-3-4-8-16(15)26-18(17)22-20(23)21-10-9-14-6-5-11-25-14/h5-6,11H,1,3-4,7-10,12H2,2H3,(H,21,22). The van der Waals surface area contributed by atoms with Crippen LogP contribution in [0.1, 0.15) is 35.1 Å². The molecule has 0 aliphatic heterocycles. The van der Waals surface area contributed by atoms with E-state index in [1.54, 1.807) is 27.2 Å². The molecule has 26 heavy (non-hydrogen) atoms. The third-order valence-electron chi connectivity index (χ3n) is 4.74. The molecular weight excluding hydrogens is 362 g/mol. The van der Waals surface area contributed by atoms with E-state index in [0.717, 1.165) is 41.6 Å². The van der Waals surface area contributed by atoms with Crippen LogP contribution >= 0.6 is 22.7 Å². The maximum absolute atomic E-state index is 13.3. The van der Waals surface area contributed by atoms with Crippen LogP contribution in [0.25, 0.3) is 10.2 Å². The van der Waals surface area contributed by atoms with Crippen molar-refractivity contribution in [2.24, 2.45) is 0 Å². The molecule has 0 aromatic carbocycles. The molecule has 1 aliphatic rings. The number of aromatic nitrogens is 2. The highest BCUT2D eigenvalue weighted by atomic mass is 32.1. The number of hydrogen-bond donors (Lipinski definition) is 1. The van der Waals surface area contributed by atoms with Crippen LogP contribution in [0.4, 0.5) is 5.95 Å². The van der Waals surface area contributed by atoms with Gasteiger partial charge in [0, 0.05) is 22.8 Å². The Hall–Kier alpha value is -1.92. The molecule has 0 saturated carbocycles. The van der Waals surface area contributed by atoms with E-state index in [4.69, 9.17) is 4.98 Å². The molecule has 0 spiro atoms. The number of rotatable bonds is 6. The predicted molar refractivity (Wildman–Crippen MR) is 112 cm³/mol. The van der Waals surface area contributed by atoms with Crippen molar-refractivity contribution in [3.8, 4) is 0 Å². The lowest BCUT2D eigenvalue weighted by Crippen LogP contribution is -2.26. The molecule has 3 aromatic rings. The van der Waals surface area contributed by atoms with Gasteiger partial charge in [-0.2, -0.15) is 0 Å². The molecule has 0 amide bonds. The minimum Gasteiger partial charge on any atom is -0.355 e. The Morgan fingerprint density at radius 3 is 3.00 bits per heavy atom. The highest BCUT2D eigenvalue weighted by Crippen LogP contribution is 2.34. The first-order valence-corrected chi connectivity index (χ1v) is 10.8. The normalized spacial score (nSPS) is 13.7. The van der Waals surface area contributed by atoms with E-state index >= 15 is 0 Å². The number of thiophene rings is 2. The van der Waals surface area contributed by atoms with Crippen LogP contribution in [0.3, 0.4) is 0 Å². The lowest BCUT2D eigenvalue weighted by atomic mass is 9.97. The second kappa shape index (κ2) is 7.37. The Labute approximate surface area is 161 Å². The summed E-state index contributed by atoms with van der Waals surface area (Å²) >= 11 is 3.46. The lowest BCUT2D eigenvalue weighted by Gasteiger charge is -2.14. The number of allylic oxidation sites excluding steroid dienone is 1.